The van der Waals surface area contributed by atoms with Gasteiger partial charge in [0.25, 0.3) is 0 Å². The fourth-order valence-electron chi connectivity index (χ4n) is 4.70. The third-order valence-electron chi connectivity index (χ3n) is 6.57. The van der Waals surface area contributed by atoms with Crippen molar-refractivity contribution in [3.8, 4) is 5.75 Å². The molecule has 0 amide bonds. The van der Waals surface area contributed by atoms with Crippen molar-refractivity contribution >= 4 is 40.0 Å². The number of aliphatic hydroxyl groups is 1. The number of aliphatic hydroxyl groups excluding tert-OH is 1. The molecule has 0 spiro atoms. The van der Waals surface area contributed by atoms with E-state index in [0.29, 0.717) is 36.0 Å². The Hall–Kier alpha value is -2.27. The van der Waals surface area contributed by atoms with Gasteiger partial charge in [-0.05, 0) is 62.1 Å². The molecule has 1 fully saturated rings. The van der Waals surface area contributed by atoms with Crippen LogP contribution in [0.1, 0.15) is 30.9 Å². The summed E-state index contributed by atoms with van der Waals surface area (Å²) in [5.41, 5.74) is 0.723. The van der Waals surface area contributed by atoms with E-state index in [1.807, 2.05) is 0 Å². The van der Waals surface area contributed by atoms with Crippen LogP contribution in [0, 0.1) is 22.8 Å². The van der Waals surface area contributed by atoms with E-state index in [1.165, 1.54) is 13.2 Å². The molecule has 4 rings (SSSR count). The molecule has 0 saturated carbocycles. The summed E-state index contributed by atoms with van der Waals surface area (Å²) in [6.45, 7) is 1.91. The van der Waals surface area contributed by atoms with E-state index in [0.717, 1.165) is 40.6 Å². The average molecular weight is 523 g/mol. The van der Waals surface area contributed by atoms with Crippen molar-refractivity contribution in [1.29, 1.82) is 0 Å². The lowest BCUT2D eigenvalue weighted by molar-refractivity contribution is -0.146. The molecule has 0 radical (unpaired) electrons. The molecule has 3 heterocycles. The second kappa shape index (κ2) is 11.6. The molecule has 3 aromatic rings. The van der Waals surface area contributed by atoms with E-state index in [2.05, 4.69) is 9.88 Å². The number of nitrogens with zero attached hydrogens (tertiary/aromatic N) is 2. The number of aromatic nitrogens is 1. The van der Waals surface area contributed by atoms with Crippen LogP contribution >= 0.6 is 23.1 Å². The molecule has 35 heavy (non-hydrogen) atoms. The Morgan fingerprint density at radius 2 is 2.17 bits per heavy atom. The molecule has 10 heteroatoms. The van der Waals surface area contributed by atoms with Crippen molar-refractivity contribution in [2.24, 2.45) is 11.8 Å². The van der Waals surface area contributed by atoms with Crippen molar-refractivity contribution in [1.82, 2.24) is 9.88 Å². The lowest BCUT2D eigenvalue weighted by Crippen LogP contribution is -2.44. The van der Waals surface area contributed by atoms with Crippen LogP contribution in [0.3, 0.4) is 0 Å². The van der Waals surface area contributed by atoms with Gasteiger partial charge in [0.2, 0.25) is 0 Å². The minimum atomic E-state index is -1.08. The number of likely N-dealkylation sites (tertiary alicyclic amines) is 1. The van der Waals surface area contributed by atoms with Crippen LogP contribution in [0.4, 0.5) is 8.78 Å². The highest BCUT2D eigenvalue weighted by Gasteiger charge is 2.34. The second-order valence-electron chi connectivity index (χ2n) is 8.70. The molecular formula is C25H28F2N2O4S2. The zero-order valence-electron chi connectivity index (χ0n) is 19.3. The quantitative estimate of drug-likeness (QED) is 0.354. The van der Waals surface area contributed by atoms with Gasteiger partial charge in [-0.15, -0.1) is 11.8 Å². The number of hydrogen-bond acceptors (Lipinski definition) is 7. The first-order valence-corrected chi connectivity index (χ1v) is 13.3. The molecule has 188 valence electrons. The first-order chi connectivity index (χ1) is 16.9. The number of rotatable bonds is 10. The molecule has 2 N–H and O–H groups in total. The minimum Gasteiger partial charge on any atom is -0.497 e. The monoisotopic (exact) mass is 522 g/mol. The number of thiophene rings is 1. The third-order valence-corrected chi connectivity index (χ3v) is 8.65. The summed E-state index contributed by atoms with van der Waals surface area (Å²) in [5, 5.41) is 21.0. The minimum absolute atomic E-state index is 0.108. The van der Waals surface area contributed by atoms with E-state index in [9.17, 15) is 23.8 Å². The van der Waals surface area contributed by atoms with Gasteiger partial charge in [0, 0.05) is 29.8 Å². The summed E-state index contributed by atoms with van der Waals surface area (Å²) in [6.07, 6.45) is 1.44. The smallest absolute Gasteiger partial charge is 0.308 e. The Kier molecular flexibility index (Phi) is 8.59. The van der Waals surface area contributed by atoms with Gasteiger partial charge in [0.1, 0.15) is 11.6 Å². The van der Waals surface area contributed by atoms with Crippen LogP contribution in [-0.4, -0.2) is 58.6 Å². The van der Waals surface area contributed by atoms with Gasteiger partial charge in [-0.1, -0.05) is 11.3 Å². The molecular weight excluding hydrogens is 494 g/mol. The maximum atomic E-state index is 14.7. The molecule has 1 aromatic carbocycles. The van der Waals surface area contributed by atoms with Crippen molar-refractivity contribution < 1.29 is 28.5 Å². The van der Waals surface area contributed by atoms with E-state index in [1.54, 1.807) is 36.0 Å². The highest BCUT2D eigenvalue weighted by Crippen LogP contribution is 2.35. The maximum absolute atomic E-state index is 14.7. The first-order valence-electron chi connectivity index (χ1n) is 11.5. The van der Waals surface area contributed by atoms with Crippen LogP contribution < -0.4 is 4.74 Å². The predicted molar refractivity (Wildman–Crippen MR) is 133 cm³/mol. The Morgan fingerprint density at radius 1 is 1.34 bits per heavy atom. The first kappa shape index (κ1) is 25.8. The Bertz CT molecular complexity index is 1180. The maximum Gasteiger partial charge on any atom is 0.308 e. The zero-order valence-corrected chi connectivity index (χ0v) is 21.0. The number of ether oxygens (including phenoxy) is 1. The van der Waals surface area contributed by atoms with Gasteiger partial charge >= 0.3 is 5.97 Å². The van der Waals surface area contributed by atoms with Crippen LogP contribution in [0.5, 0.6) is 5.75 Å². The van der Waals surface area contributed by atoms with Crippen molar-refractivity contribution in [2.75, 3.05) is 32.5 Å². The van der Waals surface area contributed by atoms with Gasteiger partial charge in [0.15, 0.2) is 5.13 Å². The number of carboxylic acid groups (broad SMARTS) is 1. The molecule has 1 saturated heterocycles. The number of pyridine rings is 1. The number of benzene rings is 1. The van der Waals surface area contributed by atoms with E-state index >= 15 is 0 Å². The van der Waals surface area contributed by atoms with E-state index in [4.69, 9.17) is 4.74 Å². The standard InChI is InChI=1S/C25H28F2N2O4S2/c1-33-16-3-4-20-17(12-16)24(19(26)13-28-20)21(30)5-2-15-8-9-29(14-18(15)25(31)32)10-11-34-23-7-6-22(27)35-23/h3-4,6-7,12-13,15,18,21,30H,2,5,8-11,14H2,1H3,(H,31,32)/t15?,18?,21-/m1/s1. The van der Waals surface area contributed by atoms with Gasteiger partial charge < -0.3 is 19.8 Å². The Labute approximate surface area is 210 Å². The molecule has 2 unspecified atom stereocenters. The van der Waals surface area contributed by atoms with Gasteiger partial charge in [-0.3, -0.25) is 9.78 Å². The summed E-state index contributed by atoms with van der Waals surface area (Å²) in [4.78, 5) is 18.2. The largest absolute Gasteiger partial charge is 0.497 e. The number of hydrogen-bond donors (Lipinski definition) is 2. The SMILES string of the molecule is COc1ccc2ncc(F)c([C@H](O)CCC3CCN(CCSc4ccc(F)s4)CC3C(=O)O)c2c1. The van der Waals surface area contributed by atoms with Crippen LogP contribution in [0.25, 0.3) is 10.9 Å². The lowest BCUT2D eigenvalue weighted by Gasteiger charge is -2.36. The molecule has 1 aliphatic rings. The molecule has 2 aromatic heterocycles. The van der Waals surface area contributed by atoms with Crippen molar-refractivity contribution in [3.63, 3.8) is 0 Å². The Balaban J connectivity index is 1.37. The van der Waals surface area contributed by atoms with E-state index in [-0.39, 0.29) is 23.0 Å². The zero-order chi connectivity index (χ0) is 24.9. The molecule has 1 aliphatic heterocycles. The summed E-state index contributed by atoms with van der Waals surface area (Å²) in [7, 11) is 1.52. The number of halogens is 2. The number of carboxylic acids is 1. The van der Waals surface area contributed by atoms with Gasteiger partial charge in [0.05, 0.1) is 35.1 Å². The lowest BCUT2D eigenvalue weighted by atomic mass is 9.81. The second-order valence-corrected chi connectivity index (χ2v) is 11.1. The molecule has 6 nitrogen and oxygen atoms in total. The predicted octanol–water partition coefficient (Wildman–Crippen LogP) is 5.21. The summed E-state index contributed by atoms with van der Waals surface area (Å²) >= 11 is 2.68. The van der Waals surface area contributed by atoms with Gasteiger partial charge in [-0.2, -0.15) is 4.39 Å². The van der Waals surface area contributed by atoms with Crippen LogP contribution in [-0.2, 0) is 4.79 Å². The molecule has 0 bridgehead atoms. The van der Waals surface area contributed by atoms with Gasteiger partial charge in [-0.25, -0.2) is 4.39 Å². The summed E-state index contributed by atoms with van der Waals surface area (Å²) in [5.74, 6) is -0.812. The molecule has 3 atom stereocenters. The third kappa shape index (κ3) is 6.30. The van der Waals surface area contributed by atoms with E-state index < -0.39 is 23.8 Å². The highest BCUT2D eigenvalue weighted by molar-refractivity contribution is 8.01. The molecule has 0 aliphatic carbocycles. The van der Waals surface area contributed by atoms with Crippen molar-refractivity contribution in [3.05, 3.63) is 53.0 Å². The summed E-state index contributed by atoms with van der Waals surface area (Å²) in [6, 6.07) is 8.31. The van der Waals surface area contributed by atoms with Crippen molar-refractivity contribution in [2.45, 2.75) is 29.6 Å². The topological polar surface area (TPSA) is 82.9 Å². The fraction of sp³-hybridized carbons (Fsp3) is 0.440. The fourth-order valence-corrected chi connectivity index (χ4v) is 6.60. The highest BCUT2D eigenvalue weighted by atomic mass is 32.2. The number of carbonyl (C=O) groups is 1. The van der Waals surface area contributed by atoms with Crippen LogP contribution in [0.2, 0.25) is 0 Å². The number of piperidine rings is 1. The number of fused-ring (bicyclic) bond motifs is 1. The number of aliphatic carboxylic acids is 1. The summed E-state index contributed by atoms with van der Waals surface area (Å²) < 4.78 is 34.0. The average Bonchev–Trinajstić information content (AvgIpc) is 3.27. The number of methoxy groups -OCH3 is 1. The Morgan fingerprint density at radius 3 is 2.89 bits per heavy atom. The normalized spacial score (nSPS) is 19.7. The van der Waals surface area contributed by atoms with Crippen LogP contribution in [0.15, 0.2) is 40.7 Å². The number of thioether (sulfide) groups is 1.